The summed E-state index contributed by atoms with van der Waals surface area (Å²) in [7, 11) is -4.42. The SMILES string of the molecule is CCCCCC(O)COP(=O)(O)O. The van der Waals surface area contributed by atoms with Crippen LogP contribution in [-0.4, -0.2) is 27.6 Å². The monoisotopic (exact) mass is 212 g/mol. The minimum absolute atomic E-state index is 0.298. The largest absolute Gasteiger partial charge is 0.469 e. The highest BCUT2D eigenvalue weighted by atomic mass is 31.2. The highest BCUT2D eigenvalue weighted by Gasteiger charge is 2.16. The number of unbranched alkanes of at least 4 members (excludes halogenated alkanes) is 2. The maximum Gasteiger partial charge on any atom is 0.469 e. The third kappa shape index (κ3) is 9.99. The van der Waals surface area contributed by atoms with Gasteiger partial charge < -0.3 is 14.9 Å². The molecule has 0 radical (unpaired) electrons. The smallest absolute Gasteiger partial charge is 0.391 e. The van der Waals surface area contributed by atoms with Gasteiger partial charge in [-0.05, 0) is 6.42 Å². The molecule has 0 amide bonds. The van der Waals surface area contributed by atoms with Gasteiger partial charge in [-0.25, -0.2) is 4.57 Å². The molecule has 0 aliphatic heterocycles. The van der Waals surface area contributed by atoms with Gasteiger partial charge in [0.15, 0.2) is 0 Å². The van der Waals surface area contributed by atoms with E-state index in [2.05, 4.69) is 4.52 Å². The average molecular weight is 212 g/mol. The van der Waals surface area contributed by atoms with E-state index in [-0.39, 0.29) is 6.61 Å². The Kier molecular flexibility index (Phi) is 6.55. The van der Waals surface area contributed by atoms with E-state index in [9.17, 15) is 9.67 Å². The van der Waals surface area contributed by atoms with Crippen molar-refractivity contribution in [3.63, 3.8) is 0 Å². The van der Waals surface area contributed by atoms with E-state index >= 15 is 0 Å². The first-order valence-corrected chi connectivity index (χ1v) is 5.87. The molecule has 0 fully saturated rings. The van der Waals surface area contributed by atoms with E-state index in [1.165, 1.54) is 0 Å². The van der Waals surface area contributed by atoms with Crippen molar-refractivity contribution in [2.45, 2.75) is 38.7 Å². The Morgan fingerprint density at radius 3 is 2.46 bits per heavy atom. The molecule has 0 rings (SSSR count). The molecule has 0 heterocycles. The molecule has 5 nitrogen and oxygen atoms in total. The molecule has 13 heavy (non-hydrogen) atoms. The van der Waals surface area contributed by atoms with Crippen LogP contribution in [0.1, 0.15) is 32.6 Å². The second-order valence-corrected chi connectivity index (χ2v) is 4.18. The molecule has 0 aromatic rings. The number of phosphoric ester groups is 1. The number of phosphoric acid groups is 1. The van der Waals surface area contributed by atoms with E-state index in [1.54, 1.807) is 0 Å². The summed E-state index contributed by atoms with van der Waals surface area (Å²) in [5.74, 6) is 0. The maximum atomic E-state index is 10.2. The molecule has 1 unspecified atom stereocenters. The van der Waals surface area contributed by atoms with Crippen LogP contribution in [0.4, 0.5) is 0 Å². The van der Waals surface area contributed by atoms with Crippen LogP contribution in [0, 0.1) is 0 Å². The van der Waals surface area contributed by atoms with Crippen LogP contribution in [0.3, 0.4) is 0 Å². The Balaban J connectivity index is 3.40. The van der Waals surface area contributed by atoms with Gasteiger partial charge >= 0.3 is 7.82 Å². The second kappa shape index (κ2) is 6.51. The lowest BCUT2D eigenvalue weighted by atomic mass is 10.1. The van der Waals surface area contributed by atoms with Crippen molar-refractivity contribution in [3.05, 3.63) is 0 Å². The van der Waals surface area contributed by atoms with Crippen LogP contribution >= 0.6 is 7.82 Å². The Morgan fingerprint density at radius 2 is 2.00 bits per heavy atom. The van der Waals surface area contributed by atoms with Gasteiger partial charge in [-0.1, -0.05) is 26.2 Å². The van der Waals surface area contributed by atoms with Crippen molar-refractivity contribution >= 4 is 7.82 Å². The van der Waals surface area contributed by atoms with E-state index in [0.29, 0.717) is 6.42 Å². The molecule has 0 aromatic carbocycles. The summed E-state index contributed by atoms with van der Waals surface area (Å²) in [4.78, 5) is 16.6. The molecule has 80 valence electrons. The van der Waals surface area contributed by atoms with Crippen molar-refractivity contribution < 1.29 is 24.0 Å². The zero-order valence-corrected chi connectivity index (χ0v) is 8.61. The van der Waals surface area contributed by atoms with Gasteiger partial charge in [0.05, 0.1) is 12.7 Å². The lowest BCUT2D eigenvalue weighted by Crippen LogP contribution is -2.14. The summed E-state index contributed by atoms with van der Waals surface area (Å²) in [5.41, 5.74) is 0. The molecule has 0 aliphatic rings. The van der Waals surface area contributed by atoms with E-state index in [0.717, 1.165) is 19.3 Å². The fourth-order valence-electron chi connectivity index (χ4n) is 0.896. The lowest BCUT2D eigenvalue weighted by molar-refractivity contribution is 0.0775. The molecule has 1 atom stereocenters. The third-order valence-electron chi connectivity index (χ3n) is 1.58. The standard InChI is InChI=1S/C7H17O5P/c1-2-3-4-5-7(8)6-12-13(9,10)11/h7-8H,2-6H2,1H3,(H2,9,10,11). The zero-order chi connectivity index (χ0) is 10.3. The molecule has 0 saturated carbocycles. The van der Waals surface area contributed by atoms with E-state index < -0.39 is 13.9 Å². The van der Waals surface area contributed by atoms with Crippen molar-refractivity contribution in [1.82, 2.24) is 0 Å². The number of hydrogen-bond acceptors (Lipinski definition) is 3. The van der Waals surface area contributed by atoms with Crippen LogP contribution in [0.15, 0.2) is 0 Å². The summed E-state index contributed by atoms with van der Waals surface area (Å²) in [6.45, 7) is 1.74. The second-order valence-electron chi connectivity index (χ2n) is 2.94. The number of hydrogen-bond donors (Lipinski definition) is 3. The molecular formula is C7H17O5P. The normalized spacial score (nSPS) is 14.5. The molecule has 0 spiro atoms. The average Bonchev–Trinajstić information content (AvgIpc) is 2.00. The van der Waals surface area contributed by atoms with Crippen molar-refractivity contribution in [2.75, 3.05) is 6.61 Å². The summed E-state index contributed by atoms with van der Waals surface area (Å²) in [5, 5.41) is 9.17. The van der Waals surface area contributed by atoms with Gasteiger partial charge in [-0.3, -0.25) is 4.52 Å². The van der Waals surface area contributed by atoms with Crippen LogP contribution < -0.4 is 0 Å². The first-order chi connectivity index (χ1) is 5.95. The highest BCUT2D eigenvalue weighted by Crippen LogP contribution is 2.35. The van der Waals surface area contributed by atoms with Gasteiger partial charge in [0.2, 0.25) is 0 Å². The van der Waals surface area contributed by atoms with Gasteiger partial charge in [0.1, 0.15) is 0 Å². The zero-order valence-electron chi connectivity index (χ0n) is 7.72. The Labute approximate surface area is 78.0 Å². The number of aliphatic hydroxyl groups excluding tert-OH is 1. The highest BCUT2D eigenvalue weighted by molar-refractivity contribution is 7.46. The summed E-state index contributed by atoms with van der Waals surface area (Å²) in [6, 6.07) is 0. The summed E-state index contributed by atoms with van der Waals surface area (Å²) < 4.78 is 14.4. The van der Waals surface area contributed by atoms with Gasteiger partial charge in [0.25, 0.3) is 0 Å². The molecule has 0 aromatic heterocycles. The maximum absolute atomic E-state index is 10.2. The van der Waals surface area contributed by atoms with Gasteiger partial charge in [-0.2, -0.15) is 0 Å². The van der Waals surface area contributed by atoms with Gasteiger partial charge in [-0.15, -0.1) is 0 Å². The quantitative estimate of drug-likeness (QED) is 0.433. The van der Waals surface area contributed by atoms with Crippen molar-refractivity contribution in [2.24, 2.45) is 0 Å². The molecular weight excluding hydrogens is 195 g/mol. The molecule has 0 bridgehead atoms. The van der Waals surface area contributed by atoms with Crippen LogP contribution in [0.2, 0.25) is 0 Å². The Morgan fingerprint density at radius 1 is 1.38 bits per heavy atom. The van der Waals surface area contributed by atoms with Crippen LogP contribution in [0.25, 0.3) is 0 Å². The number of rotatable bonds is 7. The fraction of sp³-hybridized carbons (Fsp3) is 1.00. The van der Waals surface area contributed by atoms with Crippen LogP contribution in [-0.2, 0) is 9.09 Å². The Bertz CT molecular complexity index is 166. The summed E-state index contributed by atoms with van der Waals surface area (Å²) in [6.07, 6.45) is 2.65. The van der Waals surface area contributed by atoms with Crippen molar-refractivity contribution in [3.8, 4) is 0 Å². The van der Waals surface area contributed by atoms with E-state index in [1.807, 2.05) is 6.92 Å². The minimum Gasteiger partial charge on any atom is -0.391 e. The molecule has 6 heteroatoms. The first-order valence-electron chi connectivity index (χ1n) is 4.34. The lowest BCUT2D eigenvalue weighted by Gasteiger charge is -2.10. The van der Waals surface area contributed by atoms with Crippen molar-refractivity contribution in [1.29, 1.82) is 0 Å². The molecule has 0 aliphatic carbocycles. The predicted molar refractivity (Wildman–Crippen MR) is 48.1 cm³/mol. The fourth-order valence-corrected chi connectivity index (χ4v) is 1.26. The predicted octanol–water partition coefficient (Wildman–Crippen LogP) is 1.04. The number of aliphatic hydroxyl groups is 1. The van der Waals surface area contributed by atoms with E-state index in [4.69, 9.17) is 9.79 Å². The van der Waals surface area contributed by atoms with Crippen LogP contribution in [0.5, 0.6) is 0 Å². The van der Waals surface area contributed by atoms with Gasteiger partial charge in [0, 0.05) is 0 Å². The first kappa shape index (κ1) is 13.1. The Hall–Kier alpha value is 0.0700. The topological polar surface area (TPSA) is 87.0 Å². The minimum atomic E-state index is -4.42. The summed E-state index contributed by atoms with van der Waals surface area (Å²) >= 11 is 0. The molecule has 3 N–H and O–H groups in total. The molecule has 0 saturated heterocycles. The third-order valence-corrected chi connectivity index (χ3v) is 2.06.